The van der Waals surface area contributed by atoms with Gasteiger partial charge in [0, 0.05) is 0 Å². The summed E-state index contributed by atoms with van der Waals surface area (Å²) in [5.74, 6) is 1.78. The van der Waals surface area contributed by atoms with Gasteiger partial charge in [0.05, 0.1) is 0 Å². The van der Waals surface area contributed by atoms with Crippen molar-refractivity contribution < 1.29 is 0 Å². The molecule has 0 heterocycles. The molecule has 8 heavy (non-hydrogen) atoms. The van der Waals surface area contributed by atoms with Crippen LogP contribution in [0.15, 0.2) is 12.2 Å². The first-order valence-electron chi connectivity index (χ1n) is 3.43. The molecular formula is C8H14. The van der Waals surface area contributed by atoms with Crippen LogP contribution < -0.4 is 0 Å². The quantitative estimate of drug-likeness (QED) is 0.479. The van der Waals surface area contributed by atoms with Crippen molar-refractivity contribution in [3.63, 3.8) is 0 Å². The molecule has 0 amide bonds. The minimum Gasteiger partial charge on any atom is -0.0995 e. The molecule has 0 nitrogen and oxygen atoms in total. The smallest absolute Gasteiger partial charge is 0.0143 e. The van der Waals surface area contributed by atoms with Crippen LogP contribution in [0.5, 0.6) is 0 Å². The van der Waals surface area contributed by atoms with E-state index in [1.54, 1.807) is 0 Å². The van der Waals surface area contributed by atoms with Crippen molar-refractivity contribution in [2.24, 2.45) is 11.8 Å². The summed E-state index contributed by atoms with van der Waals surface area (Å²) in [6.45, 7) is 8.47. The third-order valence-corrected chi connectivity index (χ3v) is 2.18. The van der Waals surface area contributed by atoms with E-state index in [0.717, 1.165) is 11.8 Å². The van der Waals surface area contributed by atoms with Crippen LogP contribution >= 0.6 is 0 Å². The molecule has 46 valence electrons. The number of rotatable bonds is 2. The fraction of sp³-hybridized carbons (Fsp3) is 0.750. The van der Waals surface area contributed by atoms with Gasteiger partial charge in [0.25, 0.3) is 0 Å². The third kappa shape index (κ3) is 0.936. The Balaban J connectivity index is 2.28. The lowest BCUT2D eigenvalue weighted by molar-refractivity contribution is 0.507. The largest absolute Gasteiger partial charge is 0.0995 e. The molecule has 2 atom stereocenters. The highest BCUT2D eigenvalue weighted by molar-refractivity contribution is 5.19. The highest BCUT2D eigenvalue weighted by atomic mass is 14.4. The van der Waals surface area contributed by atoms with Gasteiger partial charge in [-0.25, -0.2) is 0 Å². The average Bonchev–Trinajstić information content (AvgIpc) is 2.45. The van der Waals surface area contributed by atoms with E-state index in [2.05, 4.69) is 20.4 Å². The number of hydrogen-bond donors (Lipinski definition) is 0. The molecule has 0 aromatic carbocycles. The van der Waals surface area contributed by atoms with Gasteiger partial charge in [0.15, 0.2) is 0 Å². The van der Waals surface area contributed by atoms with E-state index >= 15 is 0 Å². The van der Waals surface area contributed by atoms with Crippen LogP contribution in [0.25, 0.3) is 0 Å². The minimum atomic E-state index is 0.889. The summed E-state index contributed by atoms with van der Waals surface area (Å²) in [7, 11) is 0. The molecular weight excluding hydrogens is 96.1 g/mol. The molecule has 0 heteroatoms. The molecule has 0 aliphatic heterocycles. The molecule has 0 aromatic rings. The predicted octanol–water partition coefficient (Wildman–Crippen LogP) is 2.61. The Morgan fingerprint density at radius 1 is 1.88 bits per heavy atom. The Bertz CT molecular complexity index is 103. The van der Waals surface area contributed by atoms with Crippen molar-refractivity contribution in [1.29, 1.82) is 0 Å². The van der Waals surface area contributed by atoms with E-state index in [-0.39, 0.29) is 0 Å². The Morgan fingerprint density at radius 2 is 2.38 bits per heavy atom. The summed E-state index contributed by atoms with van der Waals surface area (Å²) >= 11 is 0. The van der Waals surface area contributed by atoms with Gasteiger partial charge in [-0.3, -0.25) is 0 Å². The SMILES string of the molecule is C=C1CC1C(C)CC. The Labute approximate surface area is 51.6 Å². The molecule has 1 aliphatic rings. The van der Waals surface area contributed by atoms with Crippen LogP contribution in [-0.2, 0) is 0 Å². The summed E-state index contributed by atoms with van der Waals surface area (Å²) in [6.07, 6.45) is 2.61. The Morgan fingerprint density at radius 3 is 2.50 bits per heavy atom. The molecule has 0 bridgehead atoms. The molecule has 1 fully saturated rings. The summed E-state index contributed by atoms with van der Waals surface area (Å²) in [6, 6.07) is 0. The maximum Gasteiger partial charge on any atom is -0.0143 e. The predicted molar refractivity (Wildman–Crippen MR) is 36.7 cm³/mol. The van der Waals surface area contributed by atoms with Gasteiger partial charge >= 0.3 is 0 Å². The summed E-state index contributed by atoms with van der Waals surface area (Å²) < 4.78 is 0. The van der Waals surface area contributed by atoms with Crippen molar-refractivity contribution in [2.75, 3.05) is 0 Å². The van der Waals surface area contributed by atoms with Crippen molar-refractivity contribution >= 4 is 0 Å². The van der Waals surface area contributed by atoms with Crippen molar-refractivity contribution in [2.45, 2.75) is 26.7 Å². The van der Waals surface area contributed by atoms with Crippen molar-refractivity contribution in [3.05, 3.63) is 12.2 Å². The van der Waals surface area contributed by atoms with Gasteiger partial charge in [-0.15, -0.1) is 0 Å². The molecule has 2 unspecified atom stereocenters. The first kappa shape index (κ1) is 5.87. The van der Waals surface area contributed by atoms with Gasteiger partial charge in [0.1, 0.15) is 0 Å². The molecule has 1 aliphatic carbocycles. The Kier molecular flexibility index (Phi) is 1.41. The average molecular weight is 110 g/mol. The zero-order chi connectivity index (χ0) is 6.15. The lowest BCUT2D eigenvalue weighted by atomic mass is 10.0. The molecule has 0 spiro atoms. The zero-order valence-electron chi connectivity index (χ0n) is 5.78. The van der Waals surface area contributed by atoms with Crippen LogP contribution in [0, 0.1) is 11.8 Å². The third-order valence-electron chi connectivity index (χ3n) is 2.18. The molecule has 0 aromatic heterocycles. The van der Waals surface area contributed by atoms with Gasteiger partial charge in [-0.05, 0) is 18.3 Å². The van der Waals surface area contributed by atoms with Gasteiger partial charge in [-0.1, -0.05) is 32.4 Å². The van der Waals surface area contributed by atoms with Crippen LogP contribution in [0.3, 0.4) is 0 Å². The fourth-order valence-electron chi connectivity index (χ4n) is 1.11. The maximum atomic E-state index is 3.92. The maximum absolute atomic E-state index is 3.92. The topological polar surface area (TPSA) is 0 Å². The Hall–Kier alpha value is -0.260. The first-order valence-corrected chi connectivity index (χ1v) is 3.43. The van der Waals surface area contributed by atoms with E-state index in [4.69, 9.17) is 0 Å². The van der Waals surface area contributed by atoms with E-state index in [9.17, 15) is 0 Å². The second kappa shape index (κ2) is 1.93. The first-order chi connectivity index (χ1) is 3.75. The summed E-state index contributed by atoms with van der Waals surface area (Å²) in [4.78, 5) is 0. The molecule has 1 rings (SSSR count). The lowest BCUT2D eigenvalue weighted by Gasteiger charge is -2.01. The highest BCUT2D eigenvalue weighted by Gasteiger charge is 2.31. The normalized spacial score (nSPS) is 30.2. The summed E-state index contributed by atoms with van der Waals surface area (Å²) in [5, 5.41) is 0. The monoisotopic (exact) mass is 110 g/mol. The standard InChI is InChI=1S/C8H14/c1-4-6(2)8-5-7(8)3/h6,8H,3-5H2,1-2H3. The minimum absolute atomic E-state index is 0.889. The molecule has 1 saturated carbocycles. The van der Waals surface area contributed by atoms with E-state index in [1.165, 1.54) is 18.4 Å². The van der Waals surface area contributed by atoms with Crippen LogP contribution in [0.2, 0.25) is 0 Å². The van der Waals surface area contributed by atoms with Crippen molar-refractivity contribution in [3.8, 4) is 0 Å². The highest BCUT2D eigenvalue weighted by Crippen LogP contribution is 2.42. The van der Waals surface area contributed by atoms with E-state index < -0.39 is 0 Å². The van der Waals surface area contributed by atoms with Gasteiger partial charge < -0.3 is 0 Å². The van der Waals surface area contributed by atoms with Crippen LogP contribution in [-0.4, -0.2) is 0 Å². The van der Waals surface area contributed by atoms with Gasteiger partial charge in [0.2, 0.25) is 0 Å². The summed E-state index contributed by atoms with van der Waals surface area (Å²) in [5.41, 5.74) is 1.47. The van der Waals surface area contributed by atoms with E-state index in [1.807, 2.05) is 0 Å². The second-order valence-corrected chi connectivity index (χ2v) is 2.85. The van der Waals surface area contributed by atoms with Crippen molar-refractivity contribution in [1.82, 2.24) is 0 Å². The van der Waals surface area contributed by atoms with Crippen LogP contribution in [0.1, 0.15) is 26.7 Å². The zero-order valence-corrected chi connectivity index (χ0v) is 5.78. The number of allylic oxidation sites excluding steroid dienone is 1. The second-order valence-electron chi connectivity index (χ2n) is 2.85. The lowest BCUT2D eigenvalue weighted by Crippen LogP contribution is -1.92. The molecule has 0 radical (unpaired) electrons. The van der Waals surface area contributed by atoms with Gasteiger partial charge in [-0.2, -0.15) is 0 Å². The number of hydrogen-bond acceptors (Lipinski definition) is 0. The molecule has 0 saturated heterocycles. The van der Waals surface area contributed by atoms with E-state index in [0.29, 0.717) is 0 Å². The molecule has 0 N–H and O–H groups in total. The van der Waals surface area contributed by atoms with Crippen LogP contribution in [0.4, 0.5) is 0 Å². The fourth-order valence-corrected chi connectivity index (χ4v) is 1.11.